The van der Waals surface area contributed by atoms with E-state index < -0.39 is 15.9 Å². The van der Waals surface area contributed by atoms with E-state index in [1.165, 1.54) is 24.8 Å². The molecule has 0 radical (unpaired) electrons. The van der Waals surface area contributed by atoms with Gasteiger partial charge < -0.3 is 0 Å². The molecule has 0 spiro atoms. The van der Waals surface area contributed by atoms with Crippen LogP contribution in [0.1, 0.15) is 15.5 Å². The molecule has 2 aromatic rings. The lowest BCUT2D eigenvalue weighted by Crippen LogP contribution is -2.24. The van der Waals surface area contributed by atoms with Gasteiger partial charge >= 0.3 is 0 Å². The fourth-order valence-electron chi connectivity index (χ4n) is 1.54. The average molecular weight is 329 g/mol. The summed E-state index contributed by atoms with van der Waals surface area (Å²) in [5, 5.41) is 8.07. The monoisotopic (exact) mass is 329 g/mol. The first-order valence-electron chi connectivity index (χ1n) is 5.92. The van der Waals surface area contributed by atoms with E-state index >= 15 is 0 Å². The number of hydrogen-bond donors (Lipinski definition) is 1. The van der Waals surface area contributed by atoms with Crippen LogP contribution in [0.2, 0.25) is 0 Å². The van der Waals surface area contributed by atoms with E-state index in [1.807, 2.05) is 0 Å². The minimum absolute atomic E-state index is 0.0253. The van der Waals surface area contributed by atoms with Gasteiger partial charge in [-0.2, -0.15) is 4.98 Å². The first-order valence-corrected chi connectivity index (χ1v) is 8.24. The topological polar surface area (TPSA) is 97.2 Å². The molecule has 2 aromatic heterocycles. The number of anilines is 1. The van der Waals surface area contributed by atoms with Gasteiger partial charge in [0.05, 0.1) is 0 Å². The summed E-state index contributed by atoms with van der Waals surface area (Å²) in [6, 6.07) is 1.41. The predicted molar refractivity (Wildman–Crippen MR) is 78.9 cm³/mol. The molecule has 0 bridgehead atoms. The lowest BCUT2D eigenvalue weighted by Gasteiger charge is -2.11. The maximum absolute atomic E-state index is 12.2. The molecular formula is C11H15N5O3S2. The fourth-order valence-corrected chi connectivity index (χ4v) is 3.73. The van der Waals surface area contributed by atoms with Crippen LogP contribution in [0.4, 0.5) is 5.95 Å². The van der Waals surface area contributed by atoms with Gasteiger partial charge in [0.2, 0.25) is 16.0 Å². The molecule has 0 atom stereocenters. The molecule has 0 unspecified atom stereocenters. The summed E-state index contributed by atoms with van der Waals surface area (Å²) in [7, 11) is 0.862. The van der Waals surface area contributed by atoms with E-state index in [1.54, 1.807) is 19.4 Å². The summed E-state index contributed by atoms with van der Waals surface area (Å²) in [5.41, 5.74) is 0. The number of rotatable bonds is 4. The second kappa shape index (κ2) is 5.54. The van der Waals surface area contributed by atoms with E-state index in [0.29, 0.717) is 5.82 Å². The van der Waals surface area contributed by atoms with Gasteiger partial charge in [0, 0.05) is 21.1 Å². The largest absolute Gasteiger partial charge is 0.288 e. The van der Waals surface area contributed by atoms with Crippen molar-refractivity contribution in [1.82, 2.24) is 19.1 Å². The second-order valence-electron chi connectivity index (χ2n) is 4.46. The highest BCUT2D eigenvalue weighted by Gasteiger charge is 2.26. The third kappa shape index (κ3) is 2.96. The van der Waals surface area contributed by atoms with Gasteiger partial charge in [-0.25, -0.2) is 12.7 Å². The van der Waals surface area contributed by atoms with Crippen LogP contribution in [-0.4, -0.2) is 47.5 Å². The van der Waals surface area contributed by atoms with Crippen LogP contribution >= 0.6 is 11.3 Å². The molecule has 8 nitrogen and oxygen atoms in total. The Morgan fingerprint density at radius 1 is 1.43 bits per heavy atom. The van der Waals surface area contributed by atoms with Crippen LogP contribution in [-0.2, 0) is 17.1 Å². The quantitative estimate of drug-likeness (QED) is 0.890. The number of sulfonamides is 1. The minimum atomic E-state index is -3.67. The van der Waals surface area contributed by atoms with Gasteiger partial charge in [0.1, 0.15) is 15.6 Å². The highest BCUT2D eigenvalue weighted by atomic mass is 32.2. The zero-order valence-corrected chi connectivity index (χ0v) is 13.6. The third-order valence-electron chi connectivity index (χ3n) is 2.80. The summed E-state index contributed by atoms with van der Waals surface area (Å²) < 4.78 is 26.9. The molecule has 0 aliphatic carbocycles. The van der Waals surface area contributed by atoms with Crippen molar-refractivity contribution in [3.05, 3.63) is 22.1 Å². The molecule has 2 heterocycles. The van der Waals surface area contributed by atoms with Gasteiger partial charge in [0.25, 0.3) is 5.91 Å². The smallest absolute Gasteiger partial charge is 0.269 e. The SMILES string of the molecule is Cc1nc(NC(=O)c2sccc2S(=O)(=O)N(C)C)nn1C. The van der Waals surface area contributed by atoms with Gasteiger partial charge in [-0.3, -0.25) is 14.8 Å². The number of aryl methyl sites for hydroxylation is 2. The zero-order valence-electron chi connectivity index (χ0n) is 12.0. The van der Waals surface area contributed by atoms with Crippen molar-refractivity contribution >= 4 is 33.2 Å². The molecule has 0 fully saturated rings. The average Bonchev–Trinajstić information content (AvgIpc) is 2.97. The number of amides is 1. The summed E-state index contributed by atoms with van der Waals surface area (Å²) in [6.45, 7) is 1.75. The van der Waals surface area contributed by atoms with Gasteiger partial charge in [-0.05, 0) is 18.4 Å². The molecule has 0 aliphatic heterocycles. The first-order chi connectivity index (χ1) is 9.73. The Morgan fingerprint density at radius 3 is 2.62 bits per heavy atom. The fraction of sp³-hybridized carbons (Fsp3) is 0.364. The van der Waals surface area contributed by atoms with Crippen LogP contribution in [0.25, 0.3) is 0 Å². The standard InChI is InChI=1S/C11H15N5O3S2/c1-7-12-11(14-16(7)4)13-10(17)9-8(5-6-20-9)21(18,19)15(2)3/h5-6H,1-4H3,(H,13,14,17). The summed E-state index contributed by atoms with van der Waals surface area (Å²) in [6.07, 6.45) is 0. The molecule has 21 heavy (non-hydrogen) atoms. The lowest BCUT2D eigenvalue weighted by atomic mass is 10.4. The van der Waals surface area contributed by atoms with Crippen molar-refractivity contribution in [3.8, 4) is 0 Å². The number of nitrogens with zero attached hydrogens (tertiary/aromatic N) is 4. The van der Waals surface area contributed by atoms with Crippen LogP contribution in [0.3, 0.4) is 0 Å². The van der Waals surface area contributed by atoms with Crippen LogP contribution in [0.15, 0.2) is 16.3 Å². The van der Waals surface area contributed by atoms with E-state index in [2.05, 4.69) is 15.4 Å². The number of nitrogens with one attached hydrogen (secondary N) is 1. The molecule has 1 N–H and O–H groups in total. The molecule has 10 heteroatoms. The van der Waals surface area contributed by atoms with Crippen molar-refractivity contribution in [2.24, 2.45) is 7.05 Å². The van der Waals surface area contributed by atoms with Crippen molar-refractivity contribution < 1.29 is 13.2 Å². The summed E-state index contributed by atoms with van der Waals surface area (Å²) in [5.74, 6) is 0.232. The predicted octanol–water partition coefficient (Wildman–Crippen LogP) is 0.688. The molecule has 0 saturated carbocycles. The Bertz CT molecular complexity index is 756. The lowest BCUT2D eigenvalue weighted by molar-refractivity contribution is 0.102. The van der Waals surface area contributed by atoms with E-state index in [-0.39, 0.29) is 15.7 Å². The molecular weight excluding hydrogens is 314 g/mol. The highest BCUT2D eigenvalue weighted by molar-refractivity contribution is 7.89. The Balaban J connectivity index is 2.31. The van der Waals surface area contributed by atoms with Crippen molar-refractivity contribution in [3.63, 3.8) is 0 Å². The minimum Gasteiger partial charge on any atom is -0.288 e. The zero-order chi connectivity index (χ0) is 15.8. The maximum Gasteiger partial charge on any atom is 0.269 e. The van der Waals surface area contributed by atoms with Crippen LogP contribution in [0.5, 0.6) is 0 Å². The summed E-state index contributed by atoms with van der Waals surface area (Å²) >= 11 is 1.05. The Hall–Kier alpha value is -1.78. The molecule has 1 amide bonds. The van der Waals surface area contributed by atoms with Crippen molar-refractivity contribution in [1.29, 1.82) is 0 Å². The van der Waals surface area contributed by atoms with E-state index in [4.69, 9.17) is 0 Å². The first kappa shape index (κ1) is 15.6. The van der Waals surface area contributed by atoms with Crippen molar-refractivity contribution in [2.75, 3.05) is 19.4 Å². The number of carbonyl (C=O) groups is 1. The van der Waals surface area contributed by atoms with E-state index in [0.717, 1.165) is 15.6 Å². The Morgan fingerprint density at radius 2 is 2.10 bits per heavy atom. The van der Waals surface area contributed by atoms with Gasteiger partial charge in [0.15, 0.2) is 0 Å². The molecule has 0 aliphatic rings. The third-order valence-corrected chi connectivity index (χ3v) is 5.70. The molecule has 114 valence electrons. The highest BCUT2D eigenvalue weighted by Crippen LogP contribution is 2.24. The van der Waals surface area contributed by atoms with Crippen molar-refractivity contribution in [2.45, 2.75) is 11.8 Å². The Kier molecular flexibility index (Phi) is 4.12. The molecule has 0 saturated heterocycles. The number of carbonyl (C=O) groups excluding carboxylic acids is 1. The molecule has 2 rings (SSSR count). The summed E-state index contributed by atoms with van der Waals surface area (Å²) in [4.78, 5) is 16.3. The van der Waals surface area contributed by atoms with Crippen LogP contribution in [0, 0.1) is 6.92 Å². The molecule has 0 aromatic carbocycles. The number of aromatic nitrogens is 3. The Labute approximate surface area is 126 Å². The van der Waals surface area contributed by atoms with Gasteiger partial charge in [-0.15, -0.1) is 16.4 Å². The van der Waals surface area contributed by atoms with Crippen LogP contribution < -0.4 is 5.32 Å². The van der Waals surface area contributed by atoms with Gasteiger partial charge in [-0.1, -0.05) is 0 Å². The maximum atomic E-state index is 12.2. The van der Waals surface area contributed by atoms with E-state index in [9.17, 15) is 13.2 Å². The second-order valence-corrected chi connectivity index (χ2v) is 7.50. The number of hydrogen-bond acceptors (Lipinski definition) is 6. The number of thiophene rings is 1. The normalized spacial score (nSPS) is 11.9.